The molecule has 0 bridgehead atoms. The second kappa shape index (κ2) is 5.46. The van der Waals surface area contributed by atoms with Crippen LogP contribution in [0.3, 0.4) is 0 Å². The molecule has 96 valence electrons. The summed E-state index contributed by atoms with van der Waals surface area (Å²) in [6, 6.07) is 0. The molecule has 2 rings (SSSR count). The van der Waals surface area contributed by atoms with Crippen LogP contribution in [0.5, 0.6) is 0 Å². The van der Waals surface area contributed by atoms with Crippen LogP contribution in [-0.2, 0) is 11.3 Å². The van der Waals surface area contributed by atoms with Gasteiger partial charge in [0.15, 0.2) is 0 Å². The van der Waals surface area contributed by atoms with Gasteiger partial charge >= 0.3 is 0 Å². The normalized spacial score (nSPS) is 19.5. The van der Waals surface area contributed by atoms with E-state index in [0.29, 0.717) is 13.2 Å². The number of nitrogens with zero attached hydrogens (tertiary/aromatic N) is 1. The monoisotopic (exact) mass is 254 g/mol. The smallest absolute Gasteiger partial charge is 0.119 e. The molecule has 0 radical (unpaired) electrons. The van der Waals surface area contributed by atoms with Crippen LogP contribution in [0, 0.1) is 13.8 Å². The van der Waals surface area contributed by atoms with E-state index in [4.69, 9.17) is 10.5 Å². The topological polar surface area (TPSA) is 48.1 Å². The summed E-state index contributed by atoms with van der Waals surface area (Å²) in [7, 11) is 0. The Kier molecular flexibility index (Phi) is 4.17. The van der Waals surface area contributed by atoms with Crippen LogP contribution in [0.2, 0.25) is 0 Å². The number of aromatic nitrogens is 1. The Balaban J connectivity index is 1.78. The highest BCUT2D eigenvalue weighted by molar-refractivity contribution is 7.11. The van der Waals surface area contributed by atoms with Crippen LogP contribution >= 0.6 is 11.3 Å². The fourth-order valence-corrected chi connectivity index (χ4v) is 3.21. The van der Waals surface area contributed by atoms with Gasteiger partial charge in [0, 0.05) is 10.4 Å². The molecular weight excluding hydrogens is 232 g/mol. The Bertz CT molecular complexity index is 350. The van der Waals surface area contributed by atoms with Crippen LogP contribution in [0.1, 0.15) is 47.7 Å². The first kappa shape index (κ1) is 13.0. The Labute approximate surface area is 107 Å². The molecule has 0 unspecified atom stereocenters. The van der Waals surface area contributed by atoms with Crippen LogP contribution in [0.15, 0.2) is 0 Å². The van der Waals surface area contributed by atoms with Crippen molar-refractivity contribution >= 4 is 11.3 Å². The van der Waals surface area contributed by atoms with Gasteiger partial charge in [-0.05, 0) is 26.7 Å². The summed E-state index contributed by atoms with van der Waals surface area (Å²) in [5.74, 6) is 0. The van der Waals surface area contributed by atoms with E-state index in [2.05, 4.69) is 11.9 Å². The summed E-state index contributed by atoms with van der Waals surface area (Å²) in [5.41, 5.74) is 7.35. The number of ether oxygens (including phenoxy) is 1. The molecule has 0 spiro atoms. The molecule has 0 amide bonds. The minimum atomic E-state index is -0.0837. The van der Waals surface area contributed by atoms with Gasteiger partial charge in [-0.1, -0.05) is 19.3 Å². The molecule has 1 saturated carbocycles. The SMILES string of the molecule is Cc1nc(COCC2(N)CCCCC2)sc1C. The first-order valence-corrected chi connectivity index (χ1v) is 7.20. The largest absolute Gasteiger partial charge is 0.372 e. The van der Waals surface area contributed by atoms with Gasteiger partial charge in [0.1, 0.15) is 5.01 Å². The zero-order valence-electron chi connectivity index (χ0n) is 10.8. The molecule has 4 heteroatoms. The molecule has 1 aliphatic rings. The lowest BCUT2D eigenvalue weighted by Gasteiger charge is -2.32. The maximum atomic E-state index is 6.32. The molecule has 17 heavy (non-hydrogen) atoms. The first-order valence-electron chi connectivity index (χ1n) is 6.39. The second-order valence-electron chi connectivity index (χ2n) is 5.17. The summed E-state index contributed by atoms with van der Waals surface area (Å²) >= 11 is 1.72. The third-order valence-corrected chi connectivity index (χ3v) is 4.58. The number of aryl methyl sites for hydroxylation is 2. The van der Waals surface area contributed by atoms with E-state index in [1.165, 1.54) is 24.1 Å². The maximum absolute atomic E-state index is 6.32. The summed E-state index contributed by atoms with van der Waals surface area (Å²) in [6.45, 7) is 5.42. The number of thiazole rings is 1. The van der Waals surface area contributed by atoms with Gasteiger partial charge in [-0.25, -0.2) is 4.98 Å². The van der Waals surface area contributed by atoms with Gasteiger partial charge < -0.3 is 10.5 Å². The van der Waals surface area contributed by atoms with E-state index in [1.54, 1.807) is 11.3 Å². The fraction of sp³-hybridized carbons (Fsp3) is 0.769. The molecule has 0 atom stereocenters. The molecule has 1 heterocycles. The van der Waals surface area contributed by atoms with Crippen molar-refractivity contribution in [2.24, 2.45) is 5.73 Å². The van der Waals surface area contributed by atoms with E-state index in [0.717, 1.165) is 23.5 Å². The van der Waals surface area contributed by atoms with Gasteiger partial charge in [-0.3, -0.25) is 0 Å². The highest BCUT2D eigenvalue weighted by atomic mass is 32.1. The lowest BCUT2D eigenvalue weighted by Crippen LogP contribution is -2.46. The van der Waals surface area contributed by atoms with Gasteiger partial charge in [0.05, 0.1) is 18.9 Å². The summed E-state index contributed by atoms with van der Waals surface area (Å²) in [5, 5.41) is 1.07. The lowest BCUT2D eigenvalue weighted by molar-refractivity contribution is 0.0573. The molecule has 3 nitrogen and oxygen atoms in total. The van der Waals surface area contributed by atoms with Crippen molar-refractivity contribution in [1.29, 1.82) is 0 Å². The van der Waals surface area contributed by atoms with Crippen molar-refractivity contribution in [1.82, 2.24) is 4.98 Å². The van der Waals surface area contributed by atoms with Gasteiger partial charge in [0.25, 0.3) is 0 Å². The number of nitrogens with two attached hydrogens (primary N) is 1. The standard InChI is InChI=1S/C13H22N2OS/c1-10-11(2)17-12(15-10)8-16-9-13(14)6-4-3-5-7-13/h3-9,14H2,1-2H3. The molecular formula is C13H22N2OS. The zero-order chi connectivity index (χ0) is 12.3. The average Bonchev–Trinajstić information content (AvgIpc) is 2.59. The van der Waals surface area contributed by atoms with Crippen molar-refractivity contribution in [3.05, 3.63) is 15.6 Å². The van der Waals surface area contributed by atoms with E-state index in [9.17, 15) is 0 Å². The van der Waals surface area contributed by atoms with Crippen molar-refractivity contribution < 1.29 is 4.74 Å². The lowest BCUT2D eigenvalue weighted by atomic mass is 9.83. The van der Waals surface area contributed by atoms with Crippen molar-refractivity contribution in [2.75, 3.05) is 6.61 Å². The third-order valence-electron chi connectivity index (χ3n) is 3.54. The Hall–Kier alpha value is -0.450. The van der Waals surface area contributed by atoms with Crippen LogP contribution < -0.4 is 5.73 Å². The molecule has 1 aromatic heterocycles. The molecule has 1 fully saturated rings. The molecule has 0 saturated heterocycles. The highest BCUT2D eigenvalue weighted by Crippen LogP contribution is 2.26. The predicted octanol–water partition coefficient (Wildman–Crippen LogP) is 2.94. The molecule has 0 aliphatic heterocycles. The molecule has 1 aromatic rings. The predicted molar refractivity (Wildman–Crippen MR) is 71.2 cm³/mol. The molecule has 0 aromatic carbocycles. The van der Waals surface area contributed by atoms with Crippen LogP contribution in [-0.4, -0.2) is 17.1 Å². The minimum Gasteiger partial charge on any atom is -0.372 e. The number of rotatable bonds is 4. The second-order valence-corrected chi connectivity index (χ2v) is 6.45. The first-order chi connectivity index (χ1) is 8.09. The number of hydrogen-bond donors (Lipinski definition) is 1. The quantitative estimate of drug-likeness (QED) is 0.898. The van der Waals surface area contributed by atoms with Crippen molar-refractivity contribution in [2.45, 2.75) is 58.1 Å². The third kappa shape index (κ3) is 3.50. The highest BCUT2D eigenvalue weighted by Gasteiger charge is 2.27. The van der Waals surface area contributed by atoms with Crippen molar-refractivity contribution in [3.63, 3.8) is 0 Å². The fourth-order valence-electron chi connectivity index (χ4n) is 2.34. The average molecular weight is 254 g/mol. The van der Waals surface area contributed by atoms with E-state index >= 15 is 0 Å². The summed E-state index contributed by atoms with van der Waals surface area (Å²) < 4.78 is 5.75. The van der Waals surface area contributed by atoms with Gasteiger partial charge in [0.2, 0.25) is 0 Å². The Morgan fingerprint density at radius 3 is 2.59 bits per heavy atom. The summed E-state index contributed by atoms with van der Waals surface area (Å²) in [4.78, 5) is 5.75. The zero-order valence-corrected chi connectivity index (χ0v) is 11.6. The minimum absolute atomic E-state index is 0.0837. The van der Waals surface area contributed by atoms with Crippen LogP contribution in [0.25, 0.3) is 0 Å². The number of hydrogen-bond acceptors (Lipinski definition) is 4. The molecule has 2 N–H and O–H groups in total. The Morgan fingerprint density at radius 2 is 2.00 bits per heavy atom. The maximum Gasteiger partial charge on any atom is 0.119 e. The van der Waals surface area contributed by atoms with E-state index in [1.807, 2.05) is 6.92 Å². The Morgan fingerprint density at radius 1 is 1.29 bits per heavy atom. The van der Waals surface area contributed by atoms with E-state index < -0.39 is 0 Å². The summed E-state index contributed by atoms with van der Waals surface area (Å²) in [6.07, 6.45) is 6.01. The molecule has 1 aliphatic carbocycles. The van der Waals surface area contributed by atoms with Crippen molar-refractivity contribution in [3.8, 4) is 0 Å². The van der Waals surface area contributed by atoms with Crippen LogP contribution in [0.4, 0.5) is 0 Å². The van der Waals surface area contributed by atoms with Gasteiger partial charge in [-0.15, -0.1) is 11.3 Å². The van der Waals surface area contributed by atoms with E-state index in [-0.39, 0.29) is 5.54 Å². The van der Waals surface area contributed by atoms with Gasteiger partial charge in [-0.2, -0.15) is 0 Å².